The average Bonchev–Trinajstić information content (AvgIpc) is 3.25. The summed E-state index contributed by atoms with van der Waals surface area (Å²) in [4.78, 5) is 17.8. The Morgan fingerprint density at radius 1 is 1.17 bits per heavy atom. The van der Waals surface area contributed by atoms with E-state index in [2.05, 4.69) is 33.4 Å². The fourth-order valence-corrected chi connectivity index (χ4v) is 3.53. The molecule has 1 aliphatic rings. The number of rotatable bonds is 5. The summed E-state index contributed by atoms with van der Waals surface area (Å²) in [6.07, 6.45) is 10.6. The van der Waals surface area contributed by atoms with E-state index in [0.29, 0.717) is 18.1 Å². The molecule has 1 atom stereocenters. The number of hydrogen-bond acceptors (Lipinski definition) is 4. The third-order valence-corrected chi connectivity index (χ3v) is 4.97. The molecule has 6 nitrogen and oxygen atoms in total. The minimum absolute atomic E-state index is 0.0118. The molecule has 0 fully saturated rings. The van der Waals surface area contributed by atoms with E-state index in [0.717, 1.165) is 29.5 Å². The first-order valence-electron chi connectivity index (χ1n) is 9.70. The Morgan fingerprint density at radius 2 is 2.03 bits per heavy atom. The number of pyridine rings is 1. The van der Waals surface area contributed by atoms with E-state index in [1.54, 1.807) is 12.4 Å². The van der Waals surface area contributed by atoms with Crippen LogP contribution in [0.2, 0.25) is 0 Å². The zero-order valence-corrected chi connectivity index (χ0v) is 16.7. The van der Waals surface area contributed by atoms with Gasteiger partial charge in [-0.3, -0.25) is 4.98 Å². The molecule has 148 valence electrons. The lowest BCUT2D eigenvalue weighted by Gasteiger charge is -2.10. The monoisotopic (exact) mass is 390 g/mol. The fourth-order valence-electron chi connectivity index (χ4n) is 3.53. The molecule has 1 unspecified atom stereocenters. The van der Waals surface area contributed by atoms with Crippen molar-refractivity contribution < 1.29 is 4.39 Å². The first-order valence-corrected chi connectivity index (χ1v) is 9.70. The quantitative estimate of drug-likeness (QED) is 0.610. The second-order valence-electron chi connectivity index (χ2n) is 7.00. The van der Waals surface area contributed by atoms with Gasteiger partial charge >= 0.3 is 0 Å². The van der Waals surface area contributed by atoms with Crippen LogP contribution in [0, 0.1) is 12.8 Å². The Kier molecular flexibility index (Phi) is 5.20. The number of imidazole rings is 2. The van der Waals surface area contributed by atoms with E-state index in [1.807, 2.05) is 48.0 Å². The molecule has 4 rings (SSSR count). The van der Waals surface area contributed by atoms with Gasteiger partial charge in [0.2, 0.25) is 5.95 Å². The molecule has 29 heavy (non-hydrogen) atoms. The van der Waals surface area contributed by atoms with Crippen molar-refractivity contribution >= 4 is 5.71 Å². The lowest BCUT2D eigenvalue weighted by atomic mass is 10.1. The van der Waals surface area contributed by atoms with Crippen molar-refractivity contribution in [1.29, 1.82) is 0 Å². The maximum Gasteiger partial charge on any atom is 0.210 e. The molecule has 4 heterocycles. The molecule has 0 spiro atoms. The number of aromatic nitrogens is 5. The Bertz CT molecular complexity index is 1100. The van der Waals surface area contributed by atoms with Crippen LogP contribution >= 0.6 is 0 Å². The van der Waals surface area contributed by atoms with Gasteiger partial charge in [0.25, 0.3) is 0 Å². The highest BCUT2D eigenvalue weighted by molar-refractivity contribution is 6.07. The highest BCUT2D eigenvalue weighted by Crippen LogP contribution is 2.23. The molecule has 0 aliphatic carbocycles. The van der Waals surface area contributed by atoms with Crippen LogP contribution in [0.25, 0.3) is 11.4 Å². The Morgan fingerprint density at radius 3 is 2.79 bits per heavy atom. The molecule has 3 aromatic heterocycles. The van der Waals surface area contributed by atoms with Gasteiger partial charge in [0, 0.05) is 30.8 Å². The lowest BCUT2D eigenvalue weighted by molar-refractivity contribution is 0.615. The SMILES string of the molecule is CCn1c(Cn2ccnc2C2=NC(F)=CC(C)C=C2)nc(-c2ccccn2)c1C. The van der Waals surface area contributed by atoms with Gasteiger partial charge in [0.05, 0.1) is 12.2 Å². The summed E-state index contributed by atoms with van der Waals surface area (Å²) < 4.78 is 18.1. The van der Waals surface area contributed by atoms with Crippen molar-refractivity contribution in [2.24, 2.45) is 10.9 Å². The van der Waals surface area contributed by atoms with Crippen molar-refractivity contribution in [2.75, 3.05) is 0 Å². The van der Waals surface area contributed by atoms with Crippen LogP contribution in [0.15, 0.2) is 66.0 Å². The van der Waals surface area contributed by atoms with Gasteiger partial charge in [-0.05, 0) is 44.1 Å². The number of hydrogen-bond donors (Lipinski definition) is 0. The molecule has 3 aromatic rings. The molecule has 0 radical (unpaired) electrons. The van der Waals surface area contributed by atoms with Crippen molar-refractivity contribution in [3.63, 3.8) is 0 Å². The predicted molar refractivity (Wildman–Crippen MR) is 111 cm³/mol. The van der Waals surface area contributed by atoms with E-state index in [9.17, 15) is 4.39 Å². The summed E-state index contributed by atoms with van der Waals surface area (Å²) in [6, 6.07) is 5.81. The molecule has 0 saturated carbocycles. The molecule has 0 aromatic carbocycles. The number of aliphatic imine (C=N–C) groups is 1. The van der Waals surface area contributed by atoms with Crippen molar-refractivity contribution in [3.8, 4) is 11.4 Å². The van der Waals surface area contributed by atoms with Gasteiger partial charge in [-0.15, -0.1) is 0 Å². The second-order valence-corrected chi connectivity index (χ2v) is 7.00. The van der Waals surface area contributed by atoms with Gasteiger partial charge in [-0.1, -0.05) is 19.1 Å². The van der Waals surface area contributed by atoms with Crippen molar-refractivity contribution in [3.05, 3.63) is 78.3 Å². The molecule has 0 amide bonds. The molecular weight excluding hydrogens is 367 g/mol. The first-order chi connectivity index (χ1) is 14.1. The molecule has 0 N–H and O–H groups in total. The summed E-state index contributed by atoms with van der Waals surface area (Å²) in [5, 5.41) is 0. The van der Waals surface area contributed by atoms with Crippen LogP contribution in [-0.4, -0.2) is 29.8 Å². The van der Waals surface area contributed by atoms with Crippen LogP contribution in [0.3, 0.4) is 0 Å². The Balaban J connectivity index is 1.71. The zero-order valence-electron chi connectivity index (χ0n) is 16.7. The van der Waals surface area contributed by atoms with Gasteiger partial charge in [0.15, 0.2) is 5.82 Å². The lowest BCUT2D eigenvalue weighted by Crippen LogP contribution is -2.14. The number of halogens is 1. The maximum atomic E-state index is 14.0. The predicted octanol–water partition coefficient (Wildman–Crippen LogP) is 4.32. The molecule has 7 heteroatoms. The maximum absolute atomic E-state index is 14.0. The zero-order chi connectivity index (χ0) is 20.4. The van der Waals surface area contributed by atoms with E-state index >= 15 is 0 Å². The van der Waals surface area contributed by atoms with Gasteiger partial charge in [-0.25, -0.2) is 15.0 Å². The molecular formula is C22H23FN6. The second kappa shape index (κ2) is 7.95. The van der Waals surface area contributed by atoms with Crippen molar-refractivity contribution in [2.45, 2.75) is 33.9 Å². The van der Waals surface area contributed by atoms with Crippen LogP contribution in [0.1, 0.15) is 31.2 Å². The smallest absolute Gasteiger partial charge is 0.210 e. The Hall–Kier alpha value is -3.35. The molecule has 1 aliphatic heterocycles. The average molecular weight is 390 g/mol. The summed E-state index contributed by atoms with van der Waals surface area (Å²) >= 11 is 0. The first kappa shape index (κ1) is 19.0. The number of allylic oxidation sites excluding steroid dienone is 3. The summed E-state index contributed by atoms with van der Waals surface area (Å²) in [7, 11) is 0. The van der Waals surface area contributed by atoms with E-state index in [4.69, 9.17) is 4.98 Å². The molecule has 0 bridgehead atoms. The van der Waals surface area contributed by atoms with Crippen molar-refractivity contribution in [1.82, 2.24) is 24.1 Å². The topological polar surface area (TPSA) is 60.9 Å². The van der Waals surface area contributed by atoms with Gasteiger partial charge in [0.1, 0.15) is 17.2 Å². The standard InChI is InChI=1S/C22H23FN6/c1-4-29-16(3)21(17-7-5-6-10-24-17)27-20(29)14-28-12-11-25-22(28)18-9-8-15(2)13-19(23)26-18/h5-13,15H,4,14H2,1-3H3. The largest absolute Gasteiger partial charge is 0.330 e. The van der Waals surface area contributed by atoms with Crippen LogP contribution < -0.4 is 0 Å². The highest BCUT2D eigenvalue weighted by atomic mass is 19.1. The van der Waals surface area contributed by atoms with Gasteiger partial charge in [-0.2, -0.15) is 4.39 Å². The van der Waals surface area contributed by atoms with Gasteiger partial charge < -0.3 is 9.13 Å². The van der Waals surface area contributed by atoms with Crippen LogP contribution in [0.4, 0.5) is 4.39 Å². The minimum atomic E-state index is -0.490. The van der Waals surface area contributed by atoms with E-state index < -0.39 is 5.95 Å². The third kappa shape index (κ3) is 3.81. The third-order valence-electron chi connectivity index (χ3n) is 4.97. The molecule has 0 saturated heterocycles. The summed E-state index contributed by atoms with van der Waals surface area (Å²) in [6.45, 7) is 7.36. The fraction of sp³-hybridized carbons (Fsp3) is 0.273. The van der Waals surface area contributed by atoms with Crippen LogP contribution in [-0.2, 0) is 13.1 Å². The normalized spacial score (nSPS) is 16.5. The summed E-state index contributed by atoms with van der Waals surface area (Å²) in [5.41, 5.74) is 3.29. The van der Waals surface area contributed by atoms with E-state index in [-0.39, 0.29) is 5.92 Å². The highest BCUT2D eigenvalue weighted by Gasteiger charge is 2.18. The van der Waals surface area contributed by atoms with E-state index in [1.165, 1.54) is 6.08 Å². The minimum Gasteiger partial charge on any atom is -0.330 e. The van der Waals surface area contributed by atoms with Crippen LogP contribution in [0.5, 0.6) is 0 Å². The summed E-state index contributed by atoms with van der Waals surface area (Å²) in [5.74, 6) is 1.01. The number of nitrogens with zero attached hydrogens (tertiary/aromatic N) is 6. The Labute approximate surface area is 169 Å².